The van der Waals surface area contributed by atoms with E-state index in [2.05, 4.69) is 91.8 Å². The van der Waals surface area contributed by atoms with Crippen LogP contribution >= 0.6 is 0 Å². The van der Waals surface area contributed by atoms with Crippen molar-refractivity contribution < 1.29 is 19.2 Å². The van der Waals surface area contributed by atoms with E-state index in [0.717, 1.165) is 6.42 Å². The van der Waals surface area contributed by atoms with Crippen molar-refractivity contribution in [3.8, 4) is 0 Å². The number of nitrogens with one attached hydrogen (secondary N) is 1. The van der Waals surface area contributed by atoms with Crippen LogP contribution in [-0.2, 0) is 25.6 Å². The molecule has 0 atom stereocenters. The van der Waals surface area contributed by atoms with Gasteiger partial charge in [-0.15, -0.1) is 0 Å². The van der Waals surface area contributed by atoms with Crippen molar-refractivity contribution >= 4 is 35.0 Å². The summed E-state index contributed by atoms with van der Waals surface area (Å²) < 4.78 is 0. The van der Waals surface area contributed by atoms with Crippen LogP contribution in [0, 0.1) is 0 Å². The molecule has 3 aromatic carbocycles. The van der Waals surface area contributed by atoms with Gasteiger partial charge in [0.25, 0.3) is 0 Å². The molecular weight excluding hydrogens is 366 g/mol. The van der Waals surface area contributed by atoms with E-state index >= 15 is 0 Å². The Bertz CT molecular complexity index is 954. The summed E-state index contributed by atoms with van der Waals surface area (Å²) in [6.45, 7) is 11.7. The molecule has 4 rings (SSSR count). The van der Waals surface area contributed by atoms with Crippen molar-refractivity contribution in [2.75, 3.05) is 0 Å². The quantitative estimate of drug-likeness (QED) is 0.330. The molecule has 1 nitrogen and oxygen atoms in total. The Morgan fingerprint density at radius 3 is 2.19 bits per heavy atom. The van der Waals surface area contributed by atoms with Crippen LogP contribution < -0.4 is 10.2 Å². The number of hydrogen-bond acceptors (Lipinski definition) is 1. The summed E-state index contributed by atoms with van der Waals surface area (Å²) in [4.78, 5) is 3.93. The van der Waals surface area contributed by atoms with Gasteiger partial charge in [-0.05, 0) is 65.1 Å². The van der Waals surface area contributed by atoms with Gasteiger partial charge in [0.2, 0.25) is 0 Å². The Balaban J connectivity index is 0.000000613. The zero-order valence-corrected chi connectivity index (χ0v) is 19.8. The molecular formula is C23H31NSiTi. The minimum absolute atomic E-state index is 0.142. The van der Waals surface area contributed by atoms with Crippen molar-refractivity contribution in [2.45, 2.75) is 56.3 Å². The molecule has 1 aliphatic rings. The van der Waals surface area contributed by atoms with Crippen LogP contribution in [0.3, 0.4) is 0 Å². The van der Waals surface area contributed by atoms with Crippen LogP contribution in [0.4, 0.5) is 0 Å². The molecule has 0 heterocycles. The van der Waals surface area contributed by atoms with E-state index < -0.39 is 8.24 Å². The zero-order chi connectivity index (χ0) is 19.1. The normalized spacial score (nSPS) is 13.2. The van der Waals surface area contributed by atoms with Gasteiger partial charge in [-0.3, -0.25) is 0 Å². The number of benzene rings is 3. The SMILES string of the molecule is CC(C)(C)N[Si](C)(C)c1ccc2c3c1ccc1cccc(c13)C2.[CH3][Ti][CH3]. The molecule has 0 aliphatic heterocycles. The van der Waals surface area contributed by atoms with Gasteiger partial charge in [0.15, 0.2) is 8.24 Å². The van der Waals surface area contributed by atoms with Gasteiger partial charge in [-0.1, -0.05) is 55.6 Å². The first-order valence-electron chi connectivity index (χ1n) is 9.52. The van der Waals surface area contributed by atoms with Gasteiger partial charge in [-0.25, -0.2) is 0 Å². The zero-order valence-electron chi connectivity index (χ0n) is 17.2. The average molecular weight is 397 g/mol. The summed E-state index contributed by atoms with van der Waals surface area (Å²) in [7, 11) is -1.72. The van der Waals surface area contributed by atoms with Gasteiger partial charge in [0, 0.05) is 5.54 Å². The molecule has 0 spiro atoms. The van der Waals surface area contributed by atoms with E-state index in [-0.39, 0.29) is 5.54 Å². The molecule has 26 heavy (non-hydrogen) atoms. The molecule has 3 aromatic rings. The van der Waals surface area contributed by atoms with E-state index in [1.54, 1.807) is 0 Å². The number of rotatable bonds is 2. The maximum absolute atomic E-state index is 3.93. The summed E-state index contributed by atoms with van der Waals surface area (Å²) in [5.74, 6) is 0. The van der Waals surface area contributed by atoms with Gasteiger partial charge in [-0.2, -0.15) is 0 Å². The average Bonchev–Trinajstić information content (AvgIpc) is 2.91. The summed E-state index contributed by atoms with van der Waals surface area (Å²) in [5.41, 5.74) is 3.13. The topological polar surface area (TPSA) is 12.0 Å². The van der Waals surface area contributed by atoms with Crippen molar-refractivity contribution in [1.29, 1.82) is 0 Å². The molecule has 0 bridgehead atoms. The van der Waals surface area contributed by atoms with E-state index in [4.69, 9.17) is 0 Å². The van der Waals surface area contributed by atoms with Crippen LogP contribution in [0.25, 0.3) is 21.5 Å². The monoisotopic (exact) mass is 397 g/mol. The Kier molecular flexibility index (Phi) is 5.52. The standard InChI is InChI=1S/C21H25NSi.2CH3.Ti/c1-21(2,3)22-23(4,5)18-12-10-16-13-15-8-6-7-14-9-11-17(18)20(16)19(14)15;;;/h6-12,22H,13H2,1-5H3;2*1H3;. The van der Waals surface area contributed by atoms with Crippen molar-refractivity contribution in [3.05, 3.63) is 53.6 Å². The van der Waals surface area contributed by atoms with E-state index in [9.17, 15) is 0 Å². The fourth-order valence-corrected chi connectivity index (χ4v) is 7.81. The molecule has 0 saturated heterocycles. The van der Waals surface area contributed by atoms with Crippen molar-refractivity contribution in [1.82, 2.24) is 4.98 Å². The third-order valence-corrected chi connectivity index (χ3v) is 8.09. The summed E-state index contributed by atoms with van der Waals surface area (Å²) in [5, 5.41) is 11.9. The molecule has 0 amide bonds. The fraction of sp³-hybridized carbons (Fsp3) is 0.391. The number of hydrogen-bond donors (Lipinski definition) is 1. The Morgan fingerprint density at radius 2 is 1.54 bits per heavy atom. The molecule has 1 aliphatic carbocycles. The van der Waals surface area contributed by atoms with Gasteiger partial charge < -0.3 is 4.98 Å². The predicted octanol–water partition coefficient (Wildman–Crippen LogP) is 5.86. The molecule has 0 radical (unpaired) electrons. The van der Waals surface area contributed by atoms with Crippen LogP contribution in [-0.4, -0.2) is 13.8 Å². The van der Waals surface area contributed by atoms with Gasteiger partial charge in [0.05, 0.1) is 0 Å². The summed E-state index contributed by atoms with van der Waals surface area (Å²) >= 11 is 0.500. The van der Waals surface area contributed by atoms with Crippen molar-refractivity contribution in [2.24, 2.45) is 0 Å². The van der Waals surface area contributed by atoms with E-state index in [1.807, 2.05) is 0 Å². The fourth-order valence-electron chi connectivity index (χ4n) is 4.42. The van der Waals surface area contributed by atoms with Gasteiger partial charge in [0.1, 0.15) is 0 Å². The minimum atomic E-state index is -1.72. The Morgan fingerprint density at radius 1 is 0.885 bits per heavy atom. The molecule has 0 aromatic heterocycles. The second-order valence-corrected chi connectivity index (χ2v) is 14.6. The van der Waals surface area contributed by atoms with Crippen molar-refractivity contribution in [3.63, 3.8) is 0 Å². The van der Waals surface area contributed by atoms with Crippen LogP contribution in [0.15, 0.2) is 42.5 Å². The van der Waals surface area contributed by atoms with Gasteiger partial charge >= 0.3 is 29.6 Å². The first-order chi connectivity index (χ1) is 12.2. The van der Waals surface area contributed by atoms with E-state index in [1.165, 1.54) is 37.9 Å². The molecule has 1 N–H and O–H groups in total. The third-order valence-electron chi connectivity index (χ3n) is 4.94. The third kappa shape index (κ3) is 3.71. The molecule has 0 saturated carbocycles. The van der Waals surface area contributed by atoms with E-state index in [0.29, 0.717) is 19.2 Å². The second-order valence-electron chi connectivity index (χ2n) is 8.95. The predicted molar refractivity (Wildman–Crippen MR) is 116 cm³/mol. The second kappa shape index (κ2) is 7.24. The Labute approximate surface area is 168 Å². The molecule has 136 valence electrons. The molecule has 3 heteroatoms. The van der Waals surface area contributed by atoms with Crippen LogP contribution in [0.2, 0.25) is 23.6 Å². The molecule has 0 unspecified atom stereocenters. The summed E-state index contributed by atoms with van der Waals surface area (Å²) in [6, 6.07) is 16.1. The Hall–Kier alpha value is -0.929. The first-order valence-corrected chi connectivity index (χ1v) is 15.6. The summed E-state index contributed by atoms with van der Waals surface area (Å²) in [6.07, 6.45) is 1.09. The van der Waals surface area contributed by atoms with Crippen LogP contribution in [0.5, 0.6) is 0 Å². The van der Waals surface area contributed by atoms with Crippen LogP contribution in [0.1, 0.15) is 31.9 Å². The maximum atomic E-state index is 3.93. The molecule has 0 fully saturated rings. The first kappa shape index (κ1) is 19.8.